The van der Waals surface area contributed by atoms with Crippen molar-refractivity contribution >= 4 is 43.7 Å². The Labute approximate surface area is 407 Å². The molecule has 71 heavy (non-hydrogen) atoms. The van der Waals surface area contributed by atoms with Crippen LogP contribution >= 0.6 is 0 Å². The van der Waals surface area contributed by atoms with Crippen molar-refractivity contribution in [2.45, 2.75) is 10.8 Å². The third-order valence-corrected chi connectivity index (χ3v) is 16.4. The Morgan fingerprint density at radius 3 is 1.80 bits per heavy atom. The molecule has 17 rings (SSSR count). The fraction of sp³-hybridized carbons (Fsp3) is 0.0303. The van der Waals surface area contributed by atoms with Crippen LogP contribution in [-0.2, 0) is 10.8 Å². The van der Waals surface area contributed by atoms with Crippen LogP contribution in [0.5, 0.6) is 11.5 Å². The lowest BCUT2D eigenvalue weighted by Gasteiger charge is -2.40. The van der Waals surface area contributed by atoms with Gasteiger partial charge in [-0.25, -0.2) is 0 Å². The van der Waals surface area contributed by atoms with Crippen molar-refractivity contribution in [2.75, 3.05) is 0 Å². The minimum absolute atomic E-state index is 0.509. The topological polar surface area (TPSA) is 53.1 Å². The lowest BCUT2D eigenvalue weighted by Crippen LogP contribution is -2.33. The van der Waals surface area contributed by atoms with E-state index in [9.17, 15) is 0 Å². The van der Waals surface area contributed by atoms with Gasteiger partial charge in [0.15, 0.2) is 0 Å². The van der Waals surface area contributed by atoms with Crippen LogP contribution in [0, 0.1) is 0 Å². The van der Waals surface area contributed by atoms with Crippen molar-refractivity contribution in [2.24, 2.45) is 0 Å². The van der Waals surface area contributed by atoms with Crippen LogP contribution in [0.2, 0.25) is 0 Å². The molecule has 0 saturated carbocycles. The number of aromatic nitrogens is 3. The number of pyridine rings is 2. The Kier molecular flexibility index (Phi) is 7.03. The van der Waals surface area contributed by atoms with Crippen molar-refractivity contribution in [3.05, 3.63) is 269 Å². The standard InChI is InChI=1S/C66H37N3O2/c1-2-15-40(16-3-1)69-57-26-12-7-20-44(57)47-33-48-45-29-28-38(32-60(45)71-61(48)36-58(47)69)39-31-56-64(68-37-39)63-53(25-14-30-67-63)66(56)52-24-11-13-27-59(52)70-62-35-54-46(34-55(62)66)43-19-6-10-23-51(43)65(54)49-21-8-4-17-41(49)42-18-5-9-22-50(42)65/h1-37H. The van der Waals surface area contributed by atoms with E-state index >= 15 is 0 Å². The van der Waals surface area contributed by atoms with Crippen molar-refractivity contribution in [3.63, 3.8) is 0 Å². The maximum atomic E-state index is 7.21. The van der Waals surface area contributed by atoms with Gasteiger partial charge >= 0.3 is 0 Å². The summed E-state index contributed by atoms with van der Waals surface area (Å²) in [5.41, 5.74) is 22.1. The van der Waals surface area contributed by atoms with E-state index in [0.29, 0.717) is 0 Å². The van der Waals surface area contributed by atoms with Gasteiger partial charge in [0.25, 0.3) is 0 Å². The largest absolute Gasteiger partial charge is 0.457 e. The van der Waals surface area contributed by atoms with Crippen LogP contribution in [-0.4, -0.2) is 14.5 Å². The molecule has 0 radical (unpaired) electrons. The highest BCUT2D eigenvalue weighted by atomic mass is 16.5. The van der Waals surface area contributed by atoms with E-state index in [4.69, 9.17) is 19.1 Å². The summed E-state index contributed by atoms with van der Waals surface area (Å²) in [7, 11) is 0. The molecule has 0 fully saturated rings. The molecule has 5 heteroatoms. The van der Waals surface area contributed by atoms with Crippen LogP contribution in [0.25, 0.3) is 94.2 Å². The Bertz CT molecular complexity index is 4480. The van der Waals surface area contributed by atoms with Gasteiger partial charge in [-0.15, -0.1) is 0 Å². The van der Waals surface area contributed by atoms with Gasteiger partial charge in [-0.2, -0.15) is 0 Å². The molecular weight excluding hydrogens is 867 g/mol. The molecule has 1 aliphatic heterocycles. The molecule has 0 saturated heterocycles. The minimum Gasteiger partial charge on any atom is -0.457 e. The SMILES string of the molecule is c1ccc(-n2c3ccccc3c3cc4c(cc32)oc2cc(-c3cnc5c(c3)C3(c6ccccc6Oc6cc7c(cc63)-c3ccccc3C73c6ccccc6-c6ccccc63)c3cccnc3-5)ccc24)cc1. The van der Waals surface area contributed by atoms with Gasteiger partial charge in [-0.05, 0) is 122 Å². The number of hydrogen-bond donors (Lipinski definition) is 0. The van der Waals surface area contributed by atoms with Crippen molar-refractivity contribution in [1.82, 2.24) is 14.5 Å². The summed E-state index contributed by atoms with van der Waals surface area (Å²) in [6, 6.07) is 77.4. The number of benzene rings is 9. The Morgan fingerprint density at radius 2 is 1.00 bits per heavy atom. The number of rotatable bonds is 2. The quantitative estimate of drug-likeness (QED) is 0.173. The van der Waals surface area contributed by atoms with Gasteiger partial charge in [0.1, 0.15) is 22.7 Å². The number of ether oxygens (including phenoxy) is 1. The maximum absolute atomic E-state index is 7.21. The first-order chi connectivity index (χ1) is 35.2. The molecule has 5 heterocycles. The van der Waals surface area contributed by atoms with E-state index in [1.807, 2.05) is 12.4 Å². The molecule has 13 aromatic rings. The first-order valence-corrected chi connectivity index (χ1v) is 24.4. The van der Waals surface area contributed by atoms with E-state index in [2.05, 4.69) is 217 Å². The van der Waals surface area contributed by atoms with Crippen LogP contribution in [0.4, 0.5) is 0 Å². The first kappa shape index (κ1) is 37.6. The molecule has 4 aromatic heterocycles. The van der Waals surface area contributed by atoms with Crippen molar-refractivity contribution in [1.29, 1.82) is 0 Å². The third-order valence-electron chi connectivity index (χ3n) is 16.4. The summed E-state index contributed by atoms with van der Waals surface area (Å²) in [5, 5.41) is 4.59. The molecule has 0 N–H and O–H groups in total. The zero-order valence-electron chi connectivity index (χ0n) is 38.0. The average Bonchev–Trinajstić information content (AvgIpc) is 4.21. The van der Waals surface area contributed by atoms with E-state index in [1.165, 1.54) is 60.8 Å². The summed E-state index contributed by atoms with van der Waals surface area (Å²) >= 11 is 0. The lowest BCUT2D eigenvalue weighted by atomic mass is 9.65. The normalized spacial score (nSPS) is 15.9. The zero-order chi connectivity index (χ0) is 46.2. The van der Waals surface area contributed by atoms with Gasteiger partial charge in [-0.3, -0.25) is 9.97 Å². The summed E-state index contributed by atoms with van der Waals surface area (Å²) < 4.78 is 16.4. The van der Waals surface area contributed by atoms with E-state index < -0.39 is 10.8 Å². The monoisotopic (exact) mass is 903 g/mol. The highest BCUT2D eigenvalue weighted by molar-refractivity contribution is 6.17. The number of para-hydroxylation sites is 3. The predicted molar refractivity (Wildman–Crippen MR) is 283 cm³/mol. The highest BCUT2D eigenvalue weighted by Crippen LogP contribution is 2.67. The molecule has 1 unspecified atom stereocenters. The molecule has 9 aromatic carbocycles. The first-order valence-electron chi connectivity index (χ1n) is 24.4. The van der Waals surface area contributed by atoms with Gasteiger partial charge in [0.05, 0.1) is 33.3 Å². The second-order valence-corrected chi connectivity index (χ2v) is 19.5. The minimum atomic E-state index is -0.789. The smallest absolute Gasteiger partial charge is 0.137 e. The summed E-state index contributed by atoms with van der Waals surface area (Å²) in [4.78, 5) is 10.5. The Morgan fingerprint density at radius 1 is 0.352 bits per heavy atom. The third kappa shape index (κ3) is 4.53. The highest BCUT2D eigenvalue weighted by Gasteiger charge is 2.56. The van der Waals surface area contributed by atoms with Gasteiger partial charge < -0.3 is 13.7 Å². The van der Waals surface area contributed by atoms with Gasteiger partial charge in [-0.1, -0.05) is 140 Å². The fourth-order valence-electron chi connectivity index (χ4n) is 13.6. The van der Waals surface area contributed by atoms with E-state index in [-0.39, 0.29) is 0 Å². The number of fused-ring (bicyclic) bond motifs is 25. The number of nitrogens with zero attached hydrogens (tertiary/aromatic N) is 3. The van der Waals surface area contributed by atoms with E-state index in [1.54, 1.807) is 0 Å². The van der Waals surface area contributed by atoms with Crippen LogP contribution in [0.1, 0.15) is 44.5 Å². The van der Waals surface area contributed by atoms with Crippen LogP contribution in [0.3, 0.4) is 0 Å². The Hall–Kier alpha value is -9.32. The Balaban J connectivity index is 0.890. The molecule has 4 aliphatic rings. The van der Waals surface area contributed by atoms with Crippen molar-refractivity contribution < 1.29 is 9.15 Å². The number of furan rings is 1. The second kappa shape index (κ2) is 13.3. The zero-order valence-corrected chi connectivity index (χ0v) is 38.0. The number of hydrogen-bond acceptors (Lipinski definition) is 4. The molecule has 0 bridgehead atoms. The van der Waals surface area contributed by atoms with Gasteiger partial charge in [0.2, 0.25) is 0 Å². The fourth-order valence-corrected chi connectivity index (χ4v) is 13.6. The summed E-state index contributed by atoms with van der Waals surface area (Å²) in [6.07, 6.45) is 3.90. The average molecular weight is 904 g/mol. The molecule has 328 valence electrons. The second-order valence-electron chi connectivity index (χ2n) is 19.5. The molecule has 0 amide bonds. The molecule has 3 aliphatic carbocycles. The molecule has 2 spiro atoms. The molecular formula is C66H37N3O2. The van der Waals surface area contributed by atoms with Gasteiger partial charge in [0, 0.05) is 67.9 Å². The van der Waals surface area contributed by atoms with Crippen LogP contribution in [0.15, 0.2) is 229 Å². The van der Waals surface area contributed by atoms with E-state index in [0.717, 1.165) is 89.4 Å². The van der Waals surface area contributed by atoms with Crippen LogP contribution < -0.4 is 4.74 Å². The van der Waals surface area contributed by atoms with Crippen molar-refractivity contribution in [3.8, 4) is 62.0 Å². The predicted octanol–water partition coefficient (Wildman–Crippen LogP) is 16.0. The molecule has 1 atom stereocenters. The lowest BCUT2D eigenvalue weighted by molar-refractivity contribution is 0.435. The maximum Gasteiger partial charge on any atom is 0.137 e. The summed E-state index contributed by atoms with van der Waals surface area (Å²) in [5.74, 6) is 1.67. The molecule has 5 nitrogen and oxygen atoms in total. The summed E-state index contributed by atoms with van der Waals surface area (Å²) in [6.45, 7) is 0.